The Labute approximate surface area is 132 Å². The van der Waals surface area contributed by atoms with E-state index in [0.29, 0.717) is 6.54 Å². The van der Waals surface area contributed by atoms with Crippen LogP contribution >= 0.6 is 11.3 Å². The molecule has 0 saturated carbocycles. The average molecular weight is 302 g/mol. The van der Waals surface area contributed by atoms with Gasteiger partial charge in [-0.15, -0.1) is 11.3 Å². The van der Waals surface area contributed by atoms with Crippen LogP contribution < -0.4 is 9.89 Å². The Balaban J connectivity index is 1.99. The van der Waals surface area contributed by atoms with Crippen molar-refractivity contribution in [2.24, 2.45) is 9.98 Å². The third-order valence-electron chi connectivity index (χ3n) is 3.60. The number of benzene rings is 2. The number of nitrogens with zero attached hydrogens (tertiary/aromatic N) is 2. The van der Waals surface area contributed by atoms with E-state index in [9.17, 15) is 0 Å². The second-order valence-electron chi connectivity index (χ2n) is 5.06. The molecule has 0 atom stereocenters. The number of hydrogen-bond donors (Lipinski definition) is 0. The third kappa shape index (κ3) is 2.40. The highest BCUT2D eigenvalue weighted by atomic mass is 32.1. The van der Waals surface area contributed by atoms with E-state index in [1.807, 2.05) is 30.5 Å². The van der Waals surface area contributed by atoms with E-state index < -0.39 is 0 Å². The van der Waals surface area contributed by atoms with Gasteiger partial charge < -0.3 is 0 Å². The highest BCUT2D eigenvalue weighted by molar-refractivity contribution is 7.13. The zero-order valence-electron chi connectivity index (χ0n) is 11.9. The van der Waals surface area contributed by atoms with Crippen molar-refractivity contribution in [3.05, 3.63) is 82.2 Å². The molecule has 0 bridgehead atoms. The zero-order valence-corrected chi connectivity index (χ0v) is 12.8. The van der Waals surface area contributed by atoms with Gasteiger partial charge >= 0.3 is 0 Å². The molecule has 3 aromatic rings. The molecule has 2 heterocycles. The van der Waals surface area contributed by atoms with Crippen LogP contribution in [0, 0.1) is 0 Å². The normalized spacial score (nSPS) is 13.4. The summed E-state index contributed by atoms with van der Waals surface area (Å²) in [5.41, 5.74) is 3.38. The quantitative estimate of drug-likeness (QED) is 0.694. The van der Waals surface area contributed by atoms with Gasteiger partial charge in [0, 0.05) is 16.7 Å². The van der Waals surface area contributed by atoms with Gasteiger partial charge in [-0.05, 0) is 11.6 Å². The first-order chi connectivity index (χ1) is 10.9. The summed E-state index contributed by atoms with van der Waals surface area (Å²) in [7, 11) is 0. The molecule has 3 heteroatoms. The summed E-state index contributed by atoms with van der Waals surface area (Å²) < 4.78 is 1.15. The van der Waals surface area contributed by atoms with Crippen LogP contribution in [0.2, 0.25) is 0 Å². The van der Waals surface area contributed by atoms with Gasteiger partial charge in [0.25, 0.3) is 0 Å². The third-order valence-corrected chi connectivity index (χ3v) is 4.78. The maximum absolute atomic E-state index is 4.65. The molecule has 0 fully saturated rings. The molecular formula is C19H14N2S. The number of fused-ring (bicyclic) bond motifs is 1. The summed E-state index contributed by atoms with van der Waals surface area (Å²) in [6.07, 6.45) is 1.89. The Kier molecular flexibility index (Phi) is 3.41. The fourth-order valence-electron chi connectivity index (χ4n) is 2.54. The number of rotatable bonds is 2. The van der Waals surface area contributed by atoms with E-state index in [4.69, 9.17) is 0 Å². The Morgan fingerprint density at radius 2 is 1.50 bits per heavy atom. The Morgan fingerprint density at radius 1 is 0.818 bits per heavy atom. The Morgan fingerprint density at radius 3 is 2.23 bits per heavy atom. The average Bonchev–Trinajstić information content (AvgIpc) is 2.91. The van der Waals surface area contributed by atoms with Gasteiger partial charge in [-0.25, -0.2) is 0 Å². The molecule has 0 saturated heterocycles. The zero-order chi connectivity index (χ0) is 14.8. The maximum Gasteiger partial charge on any atom is 0.0892 e. The van der Waals surface area contributed by atoms with Crippen molar-refractivity contribution in [1.29, 1.82) is 0 Å². The van der Waals surface area contributed by atoms with E-state index >= 15 is 0 Å². The highest BCUT2D eigenvalue weighted by Gasteiger charge is 2.09. The molecule has 0 unspecified atom stereocenters. The van der Waals surface area contributed by atoms with Crippen LogP contribution in [0.5, 0.6) is 0 Å². The lowest BCUT2D eigenvalue weighted by atomic mass is 10.1. The SMILES string of the molecule is C1=NC(c2ccccc2)=c2sc(-c3ccccc3)cc2=NC1. The van der Waals surface area contributed by atoms with E-state index in [-0.39, 0.29) is 0 Å². The van der Waals surface area contributed by atoms with Crippen LogP contribution in [0.4, 0.5) is 0 Å². The Hall–Kier alpha value is -2.52. The molecule has 0 amide bonds. The van der Waals surface area contributed by atoms with E-state index in [0.717, 1.165) is 21.2 Å². The van der Waals surface area contributed by atoms with Gasteiger partial charge in [0.2, 0.25) is 0 Å². The van der Waals surface area contributed by atoms with E-state index in [1.165, 1.54) is 10.4 Å². The second kappa shape index (κ2) is 5.70. The summed E-state index contributed by atoms with van der Waals surface area (Å²) in [6.45, 7) is 0.633. The minimum Gasteiger partial charge on any atom is -0.278 e. The summed E-state index contributed by atoms with van der Waals surface area (Å²) in [6, 6.07) is 22.9. The van der Waals surface area contributed by atoms with Gasteiger partial charge in [-0.2, -0.15) is 0 Å². The molecular weight excluding hydrogens is 288 g/mol. The monoisotopic (exact) mass is 302 g/mol. The van der Waals surface area contributed by atoms with Crippen molar-refractivity contribution in [2.75, 3.05) is 6.54 Å². The van der Waals surface area contributed by atoms with Crippen molar-refractivity contribution >= 4 is 23.2 Å². The molecule has 1 aromatic heterocycles. The molecule has 0 spiro atoms. The van der Waals surface area contributed by atoms with E-state index in [1.54, 1.807) is 11.3 Å². The van der Waals surface area contributed by atoms with Crippen molar-refractivity contribution in [3.8, 4) is 10.4 Å². The first-order valence-electron chi connectivity index (χ1n) is 7.24. The fourth-order valence-corrected chi connectivity index (χ4v) is 3.68. The lowest BCUT2D eigenvalue weighted by Gasteiger charge is -1.99. The molecule has 1 aliphatic heterocycles. The molecule has 106 valence electrons. The lowest BCUT2D eigenvalue weighted by molar-refractivity contribution is 1.21. The van der Waals surface area contributed by atoms with Gasteiger partial charge in [-0.3, -0.25) is 9.98 Å². The van der Waals surface area contributed by atoms with Gasteiger partial charge in [0.15, 0.2) is 0 Å². The minimum atomic E-state index is 0.633. The molecule has 0 radical (unpaired) electrons. The summed E-state index contributed by atoms with van der Waals surface area (Å²) in [4.78, 5) is 10.5. The van der Waals surface area contributed by atoms with E-state index in [2.05, 4.69) is 52.4 Å². The van der Waals surface area contributed by atoms with Crippen molar-refractivity contribution in [3.63, 3.8) is 0 Å². The Bertz CT molecular complexity index is 938. The smallest absolute Gasteiger partial charge is 0.0892 e. The number of thiophene rings is 1. The lowest BCUT2D eigenvalue weighted by Crippen LogP contribution is -2.20. The van der Waals surface area contributed by atoms with Crippen LogP contribution in [-0.4, -0.2) is 12.8 Å². The molecule has 0 N–H and O–H groups in total. The van der Waals surface area contributed by atoms with Crippen molar-refractivity contribution < 1.29 is 0 Å². The van der Waals surface area contributed by atoms with Crippen LogP contribution in [0.1, 0.15) is 5.56 Å². The molecule has 2 nitrogen and oxygen atoms in total. The van der Waals surface area contributed by atoms with Crippen molar-refractivity contribution in [2.45, 2.75) is 0 Å². The first kappa shape index (κ1) is 13.2. The highest BCUT2D eigenvalue weighted by Crippen LogP contribution is 2.22. The largest absolute Gasteiger partial charge is 0.278 e. The summed E-state index contributed by atoms with van der Waals surface area (Å²) >= 11 is 1.76. The van der Waals surface area contributed by atoms with Crippen LogP contribution in [-0.2, 0) is 0 Å². The molecule has 1 aliphatic rings. The predicted octanol–water partition coefficient (Wildman–Crippen LogP) is 3.28. The summed E-state index contributed by atoms with van der Waals surface area (Å²) in [5.74, 6) is 0. The molecule has 0 aliphatic carbocycles. The van der Waals surface area contributed by atoms with Crippen LogP contribution in [0.3, 0.4) is 0 Å². The second-order valence-corrected chi connectivity index (χ2v) is 6.11. The van der Waals surface area contributed by atoms with Gasteiger partial charge in [0.05, 0.1) is 22.1 Å². The van der Waals surface area contributed by atoms with Gasteiger partial charge in [0.1, 0.15) is 0 Å². The first-order valence-corrected chi connectivity index (χ1v) is 8.05. The molecule has 2 aromatic carbocycles. The molecule has 22 heavy (non-hydrogen) atoms. The predicted molar refractivity (Wildman–Crippen MR) is 92.8 cm³/mol. The molecule has 4 rings (SSSR count). The topological polar surface area (TPSA) is 24.7 Å². The maximum atomic E-state index is 4.65. The number of aliphatic imine (C=N–C) groups is 1. The fraction of sp³-hybridized carbons (Fsp3) is 0.0526. The van der Waals surface area contributed by atoms with Crippen LogP contribution in [0.25, 0.3) is 16.1 Å². The minimum absolute atomic E-state index is 0.633. The van der Waals surface area contributed by atoms with Crippen LogP contribution in [0.15, 0.2) is 76.7 Å². The van der Waals surface area contributed by atoms with Crippen molar-refractivity contribution in [1.82, 2.24) is 0 Å². The summed E-state index contributed by atoms with van der Waals surface area (Å²) in [5, 5.41) is 1.04. The van der Waals surface area contributed by atoms with Gasteiger partial charge in [-0.1, -0.05) is 60.7 Å². The number of hydrogen-bond acceptors (Lipinski definition) is 3. The standard InChI is InChI=1S/C19H14N2S/c1-3-7-14(8-4-1)17-13-16-19(22-17)18(21-12-11-20-16)15-9-5-2-6-10-15/h1-10,12-13H,11H2.